The van der Waals surface area contributed by atoms with Crippen molar-refractivity contribution in [3.8, 4) is 11.5 Å². The molecule has 0 saturated heterocycles. The van der Waals surface area contributed by atoms with Crippen LogP contribution in [0.4, 0.5) is 0 Å². The second-order valence-electron chi connectivity index (χ2n) is 4.56. The Kier molecular flexibility index (Phi) is 3.06. The molecule has 0 aliphatic heterocycles. The van der Waals surface area contributed by atoms with Gasteiger partial charge in [-0.15, -0.1) is 0 Å². The molecule has 6 nitrogen and oxygen atoms in total. The number of rotatable bonds is 3. The Morgan fingerprint density at radius 1 is 0.905 bits per heavy atom. The van der Waals surface area contributed by atoms with Crippen molar-refractivity contribution in [1.29, 1.82) is 10.9 Å². The minimum absolute atomic E-state index is 0.139. The molecule has 6 heteroatoms. The zero-order chi connectivity index (χ0) is 15.0. The van der Waals surface area contributed by atoms with Gasteiger partial charge in [0.05, 0.1) is 19.7 Å². The maximum absolute atomic E-state index is 8.27. The van der Waals surface area contributed by atoms with Gasteiger partial charge in [-0.25, -0.2) is 0 Å². The van der Waals surface area contributed by atoms with Gasteiger partial charge in [-0.2, -0.15) is 10.2 Å². The molecule has 2 N–H and O–H groups in total. The second kappa shape index (κ2) is 4.90. The van der Waals surface area contributed by atoms with Crippen molar-refractivity contribution in [2.45, 2.75) is 0 Å². The summed E-state index contributed by atoms with van der Waals surface area (Å²) in [6, 6.07) is 11.1. The number of pyridine rings is 1. The maximum atomic E-state index is 8.27. The normalized spacial score (nSPS) is 10.8. The van der Waals surface area contributed by atoms with Gasteiger partial charge >= 0.3 is 0 Å². The van der Waals surface area contributed by atoms with Crippen molar-refractivity contribution >= 4 is 21.7 Å². The molecule has 0 bridgehead atoms. The summed E-state index contributed by atoms with van der Waals surface area (Å²) < 4.78 is 11.7. The van der Waals surface area contributed by atoms with Crippen LogP contribution in [0.2, 0.25) is 0 Å². The molecular weight excluding hydrogens is 268 g/mol. The van der Waals surface area contributed by atoms with E-state index < -0.39 is 0 Å². The van der Waals surface area contributed by atoms with E-state index in [0.29, 0.717) is 22.4 Å². The molecule has 1 heterocycles. The van der Waals surface area contributed by atoms with Crippen molar-refractivity contribution in [3.63, 3.8) is 0 Å². The molecule has 21 heavy (non-hydrogen) atoms. The van der Waals surface area contributed by atoms with Crippen LogP contribution in [-0.2, 0) is 0 Å². The molecular formula is C15H14N4O2. The lowest BCUT2D eigenvalue weighted by Gasteiger charge is -2.11. The van der Waals surface area contributed by atoms with Crippen LogP contribution in [0.5, 0.6) is 11.5 Å². The molecule has 3 rings (SSSR count). The first kappa shape index (κ1) is 13.1. The van der Waals surface area contributed by atoms with Gasteiger partial charge in [-0.1, -0.05) is 5.22 Å². The first-order valence-corrected chi connectivity index (χ1v) is 6.32. The molecule has 0 amide bonds. The number of methoxy groups -OCH3 is 2. The fourth-order valence-corrected chi connectivity index (χ4v) is 2.46. The van der Waals surface area contributed by atoms with Gasteiger partial charge in [0, 0.05) is 16.8 Å². The van der Waals surface area contributed by atoms with Gasteiger partial charge in [0.15, 0.2) is 5.49 Å². The van der Waals surface area contributed by atoms with Gasteiger partial charge in [0.25, 0.3) is 0 Å². The quantitative estimate of drug-likeness (QED) is 0.571. The largest absolute Gasteiger partial charge is 0.497 e. The second-order valence-corrected chi connectivity index (χ2v) is 4.56. The van der Waals surface area contributed by atoms with Crippen LogP contribution in [-0.4, -0.2) is 18.9 Å². The smallest absolute Gasteiger partial charge is 0.156 e. The lowest BCUT2D eigenvalue weighted by molar-refractivity contribution is 0.415. The Labute approximate surface area is 120 Å². The van der Waals surface area contributed by atoms with E-state index in [4.69, 9.17) is 20.4 Å². The zero-order valence-corrected chi connectivity index (χ0v) is 11.7. The van der Waals surface area contributed by atoms with Crippen LogP contribution in [0.25, 0.3) is 21.7 Å². The monoisotopic (exact) mass is 282 g/mol. The third kappa shape index (κ3) is 1.92. The number of fused-ring (bicyclic) bond motifs is 3. The van der Waals surface area contributed by atoms with Gasteiger partial charge < -0.3 is 9.47 Å². The lowest BCUT2D eigenvalue weighted by Crippen LogP contribution is -2.17. The van der Waals surface area contributed by atoms with E-state index in [1.807, 2.05) is 24.3 Å². The first-order valence-electron chi connectivity index (χ1n) is 6.32. The van der Waals surface area contributed by atoms with Gasteiger partial charge in [-0.05, 0) is 35.7 Å². The molecule has 0 fully saturated rings. The van der Waals surface area contributed by atoms with E-state index in [1.165, 1.54) is 4.68 Å². The summed E-state index contributed by atoms with van der Waals surface area (Å²) >= 11 is 0. The van der Waals surface area contributed by atoms with Crippen LogP contribution in [0.3, 0.4) is 0 Å². The molecule has 0 atom stereocenters. The van der Waals surface area contributed by atoms with Crippen molar-refractivity contribution in [3.05, 3.63) is 41.9 Å². The van der Waals surface area contributed by atoms with E-state index >= 15 is 0 Å². The van der Waals surface area contributed by atoms with Crippen molar-refractivity contribution in [2.24, 2.45) is 5.22 Å². The molecule has 0 aliphatic carbocycles. The van der Waals surface area contributed by atoms with Gasteiger partial charge in [0.1, 0.15) is 11.5 Å². The molecule has 0 saturated carbocycles. The van der Waals surface area contributed by atoms with Crippen molar-refractivity contribution in [1.82, 2.24) is 4.68 Å². The van der Waals surface area contributed by atoms with E-state index in [9.17, 15) is 0 Å². The standard InChI is InChI=1S/C15H14N4O2/c1-20-9-3-5-11-12-6-4-10(21-2)8-14(12)19(18-17)15(16)13(11)7-9/h3-8,16-17H,1-2H3. The number of hydrogen-bond acceptors (Lipinski definition) is 5. The highest BCUT2D eigenvalue weighted by molar-refractivity contribution is 6.06. The fourth-order valence-electron chi connectivity index (χ4n) is 2.46. The van der Waals surface area contributed by atoms with Crippen LogP contribution in [0, 0.1) is 10.9 Å². The number of aromatic nitrogens is 1. The Bertz CT molecular complexity index is 915. The molecule has 106 valence electrons. The summed E-state index contributed by atoms with van der Waals surface area (Å²) in [6.45, 7) is 0. The third-order valence-corrected chi connectivity index (χ3v) is 3.52. The number of hydrogen-bond donors (Lipinski definition) is 2. The highest BCUT2D eigenvalue weighted by Crippen LogP contribution is 2.28. The predicted molar refractivity (Wildman–Crippen MR) is 78.9 cm³/mol. The van der Waals surface area contributed by atoms with Gasteiger partial charge in [-0.3, -0.25) is 5.41 Å². The minimum atomic E-state index is 0.139. The molecule has 2 aromatic carbocycles. The average Bonchev–Trinajstić information content (AvgIpc) is 2.54. The Hall–Kier alpha value is -2.89. The molecule has 0 spiro atoms. The van der Waals surface area contributed by atoms with E-state index in [2.05, 4.69) is 5.22 Å². The number of benzene rings is 2. The predicted octanol–water partition coefficient (Wildman–Crippen LogP) is 3.09. The summed E-state index contributed by atoms with van der Waals surface area (Å²) in [4.78, 5) is 0. The molecule has 3 aromatic rings. The Morgan fingerprint density at radius 3 is 2.14 bits per heavy atom. The van der Waals surface area contributed by atoms with Crippen molar-refractivity contribution < 1.29 is 9.47 Å². The molecule has 0 radical (unpaired) electrons. The maximum Gasteiger partial charge on any atom is 0.156 e. The lowest BCUT2D eigenvalue weighted by atomic mass is 10.1. The fraction of sp³-hybridized carbons (Fsp3) is 0.133. The first-order chi connectivity index (χ1) is 10.2. The van der Waals surface area contributed by atoms with Crippen LogP contribution < -0.4 is 15.0 Å². The van der Waals surface area contributed by atoms with Crippen LogP contribution in [0.1, 0.15) is 0 Å². The summed E-state index contributed by atoms with van der Waals surface area (Å²) in [7, 11) is 3.16. The zero-order valence-electron chi connectivity index (χ0n) is 11.7. The van der Waals surface area contributed by atoms with Crippen LogP contribution in [0.15, 0.2) is 41.6 Å². The van der Waals surface area contributed by atoms with E-state index in [1.54, 1.807) is 26.4 Å². The summed E-state index contributed by atoms with van der Waals surface area (Å²) in [5.74, 6) is 1.33. The summed E-state index contributed by atoms with van der Waals surface area (Å²) in [5.41, 5.74) is 8.16. The minimum Gasteiger partial charge on any atom is -0.497 e. The van der Waals surface area contributed by atoms with E-state index in [0.717, 1.165) is 10.8 Å². The van der Waals surface area contributed by atoms with Gasteiger partial charge in [0.2, 0.25) is 0 Å². The highest BCUT2D eigenvalue weighted by Gasteiger charge is 2.10. The number of nitrogens with one attached hydrogen (secondary N) is 2. The summed E-state index contributed by atoms with van der Waals surface area (Å²) in [6.07, 6.45) is 0. The Morgan fingerprint density at radius 2 is 1.52 bits per heavy atom. The SMILES string of the molecule is COc1ccc2c(c1)c(=N)n(N=N)c1cc(OC)ccc21. The number of ether oxygens (including phenoxy) is 2. The third-order valence-electron chi connectivity index (χ3n) is 3.52. The average molecular weight is 282 g/mol. The van der Waals surface area contributed by atoms with E-state index in [-0.39, 0.29) is 5.49 Å². The van der Waals surface area contributed by atoms with Crippen molar-refractivity contribution in [2.75, 3.05) is 14.2 Å². The molecule has 0 unspecified atom stereocenters. The summed E-state index contributed by atoms with van der Waals surface area (Å²) in [5, 5.41) is 14.2. The van der Waals surface area contributed by atoms with Crippen LogP contribution >= 0.6 is 0 Å². The highest BCUT2D eigenvalue weighted by atomic mass is 16.5. The molecule has 0 aliphatic rings. The topological polar surface area (TPSA) is 83.5 Å². The number of nitrogens with zero attached hydrogens (tertiary/aromatic N) is 2. The molecule has 1 aromatic heterocycles. The Balaban J connectivity index is 2.55.